The van der Waals surface area contributed by atoms with Gasteiger partial charge in [-0.15, -0.1) is 0 Å². The summed E-state index contributed by atoms with van der Waals surface area (Å²) in [7, 11) is -0.0308. The monoisotopic (exact) mass is 474 g/mol. The van der Waals surface area contributed by atoms with Gasteiger partial charge in [0.2, 0.25) is 10.0 Å². The molecule has 2 aromatic heterocycles. The smallest absolute Gasteiger partial charge is 0.277 e. The van der Waals surface area contributed by atoms with Crippen LogP contribution in [0.2, 0.25) is 0 Å². The molecule has 1 aliphatic rings. The van der Waals surface area contributed by atoms with Crippen molar-refractivity contribution in [3.8, 4) is 11.4 Å². The van der Waals surface area contributed by atoms with Crippen LogP contribution < -0.4 is 5.56 Å². The Kier molecular flexibility index (Phi) is 6.66. The Bertz CT molecular complexity index is 1320. The number of aromatic nitrogens is 4. The van der Waals surface area contributed by atoms with Crippen LogP contribution in [0, 0.1) is 0 Å². The number of nitrogens with one attached hydrogen (secondary N) is 1. The van der Waals surface area contributed by atoms with Crippen LogP contribution >= 0.6 is 0 Å². The minimum absolute atomic E-state index is 0.113. The number of rotatable bonds is 7. The van der Waals surface area contributed by atoms with Gasteiger partial charge in [0.05, 0.1) is 10.6 Å². The van der Waals surface area contributed by atoms with E-state index in [1.165, 1.54) is 8.99 Å². The minimum Gasteiger partial charge on any atom is -0.396 e. The molecule has 1 saturated heterocycles. The van der Waals surface area contributed by atoms with Crippen molar-refractivity contribution in [1.82, 2.24) is 29.0 Å². The standard InChI is InChI=1S/C22H30N6O4S/c1-4-5-18-19-20(27(3)25-18)22(30)24-21(23-19)17-14-16(7-6-15(17)8-13-29)33(31,32)28-11-9-26(2)10-12-28/h6-7,14,29H,4-5,8-13H2,1-3H3,(H,23,24,30). The summed E-state index contributed by atoms with van der Waals surface area (Å²) >= 11 is 0. The summed E-state index contributed by atoms with van der Waals surface area (Å²) < 4.78 is 29.7. The van der Waals surface area contributed by atoms with Crippen molar-refractivity contribution in [2.75, 3.05) is 39.8 Å². The lowest BCUT2D eigenvalue weighted by atomic mass is 10.0. The zero-order valence-electron chi connectivity index (χ0n) is 19.2. The number of H-pyrrole nitrogens is 1. The molecule has 0 atom stereocenters. The topological polar surface area (TPSA) is 124 Å². The number of aliphatic hydroxyl groups excluding tert-OH is 1. The molecule has 1 aliphatic heterocycles. The molecule has 0 aliphatic carbocycles. The van der Waals surface area contributed by atoms with Gasteiger partial charge in [-0.25, -0.2) is 13.4 Å². The zero-order valence-corrected chi connectivity index (χ0v) is 20.0. The fourth-order valence-corrected chi connectivity index (χ4v) is 5.68. The number of hydrogen-bond acceptors (Lipinski definition) is 7. The van der Waals surface area contributed by atoms with E-state index < -0.39 is 10.0 Å². The lowest BCUT2D eigenvalue weighted by Crippen LogP contribution is -2.47. The molecule has 4 rings (SSSR count). The Labute approximate surface area is 192 Å². The molecule has 3 aromatic rings. The van der Waals surface area contributed by atoms with Crippen molar-refractivity contribution < 1.29 is 13.5 Å². The maximum Gasteiger partial charge on any atom is 0.277 e. The van der Waals surface area contributed by atoms with E-state index in [0.29, 0.717) is 61.2 Å². The average molecular weight is 475 g/mol. The Morgan fingerprint density at radius 2 is 1.85 bits per heavy atom. The van der Waals surface area contributed by atoms with E-state index in [9.17, 15) is 18.3 Å². The van der Waals surface area contributed by atoms with Crippen molar-refractivity contribution in [3.63, 3.8) is 0 Å². The number of aromatic amines is 1. The van der Waals surface area contributed by atoms with E-state index in [-0.39, 0.29) is 22.9 Å². The van der Waals surface area contributed by atoms with Gasteiger partial charge >= 0.3 is 0 Å². The van der Waals surface area contributed by atoms with Crippen molar-refractivity contribution in [3.05, 3.63) is 39.8 Å². The van der Waals surface area contributed by atoms with Crippen LogP contribution in [0.5, 0.6) is 0 Å². The SMILES string of the molecule is CCCc1nn(C)c2c(=O)[nH]c(-c3cc(S(=O)(=O)N4CCN(C)CC4)ccc3CCO)nc12. The normalized spacial score (nSPS) is 16.0. The Morgan fingerprint density at radius 1 is 1.12 bits per heavy atom. The summed E-state index contributed by atoms with van der Waals surface area (Å²) in [5, 5.41) is 14.0. The van der Waals surface area contributed by atoms with Crippen LogP contribution in [0.4, 0.5) is 0 Å². The first kappa shape index (κ1) is 23.6. The highest BCUT2D eigenvalue weighted by Crippen LogP contribution is 2.28. The number of likely N-dealkylation sites (N-methyl/N-ethyl adjacent to an activating group) is 1. The first-order chi connectivity index (χ1) is 15.8. The van der Waals surface area contributed by atoms with Gasteiger partial charge in [-0.2, -0.15) is 9.40 Å². The zero-order chi connectivity index (χ0) is 23.8. The number of piperazine rings is 1. The van der Waals surface area contributed by atoms with Gasteiger partial charge in [0.1, 0.15) is 11.3 Å². The molecule has 3 heterocycles. The third kappa shape index (κ3) is 4.45. The number of fused-ring (bicyclic) bond motifs is 1. The lowest BCUT2D eigenvalue weighted by molar-refractivity contribution is 0.222. The molecule has 0 radical (unpaired) electrons. The molecule has 0 amide bonds. The van der Waals surface area contributed by atoms with Gasteiger partial charge < -0.3 is 15.0 Å². The molecule has 1 aromatic carbocycles. The van der Waals surface area contributed by atoms with Crippen molar-refractivity contribution in [1.29, 1.82) is 0 Å². The molecule has 2 N–H and O–H groups in total. The summed E-state index contributed by atoms with van der Waals surface area (Å²) in [5.41, 5.74) is 2.48. The van der Waals surface area contributed by atoms with E-state index in [1.54, 1.807) is 25.2 Å². The van der Waals surface area contributed by atoms with Gasteiger partial charge in [0, 0.05) is 45.4 Å². The van der Waals surface area contributed by atoms with E-state index in [0.717, 1.165) is 12.1 Å². The molecule has 10 nitrogen and oxygen atoms in total. The molecule has 1 fully saturated rings. The summed E-state index contributed by atoms with van der Waals surface area (Å²) in [5.74, 6) is 0.275. The molecule has 178 valence electrons. The maximum absolute atomic E-state index is 13.3. The van der Waals surface area contributed by atoms with Gasteiger partial charge in [-0.05, 0) is 37.6 Å². The van der Waals surface area contributed by atoms with Gasteiger partial charge in [-0.3, -0.25) is 9.48 Å². The highest BCUT2D eigenvalue weighted by Gasteiger charge is 2.28. The first-order valence-electron chi connectivity index (χ1n) is 11.1. The van der Waals surface area contributed by atoms with E-state index in [4.69, 9.17) is 4.98 Å². The molecule has 11 heteroatoms. The van der Waals surface area contributed by atoms with Crippen molar-refractivity contribution in [2.24, 2.45) is 7.05 Å². The second-order valence-corrected chi connectivity index (χ2v) is 10.4. The van der Waals surface area contributed by atoms with Gasteiger partial charge in [0.15, 0.2) is 5.52 Å². The number of hydrogen-bond donors (Lipinski definition) is 2. The number of aliphatic hydroxyl groups is 1. The predicted molar refractivity (Wildman–Crippen MR) is 126 cm³/mol. The summed E-state index contributed by atoms with van der Waals surface area (Å²) in [6.45, 7) is 4.09. The van der Waals surface area contributed by atoms with Gasteiger partial charge in [-0.1, -0.05) is 19.4 Å². The van der Waals surface area contributed by atoms with Crippen LogP contribution in [0.3, 0.4) is 0 Å². The second kappa shape index (κ2) is 9.34. The molecule has 0 saturated carbocycles. The largest absolute Gasteiger partial charge is 0.396 e. The molecular weight excluding hydrogens is 444 g/mol. The van der Waals surface area contributed by atoms with Gasteiger partial charge in [0.25, 0.3) is 5.56 Å². The van der Waals surface area contributed by atoms with E-state index >= 15 is 0 Å². The molecule has 0 bridgehead atoms. The first-order valence-corrected chi connectivity index (χ1v) is 12.6. The maximum atomic E-state index is 13.3. The van der Waals surface area contributed by atoms with E-state index in [2.05, 4.69) is 15.0 Å². The van der Waals surface area contributed by atoms with Crippen LogP contribution in [0.15, 0.2) is 27.9 Å². The number of sulfonamides is 1. The number of aryl methyl sites for hydroxylation is 2. The molecular formula is C22H30N6O4S. The van der Waals surface area contributed by atoms with Crippen LogP contribution in [0.25, 0.3) is 22.4 Å². The third-order valence-corrected chi connectivity index (χ3v) is 7.96. The fraction of sp³-hybridized carbons (Fsp3) is 0.500. The van der Waals surface area contributed by atoms with Crippen LogP contribution in [-0.4, -0.2) is 82.3 Å². The number of benzene rings is 1. The molecule has 0 spiro atoms. The molecule has 0 unspecified atom stereocenters. The highest BCUT2D eigenvalue weighted by molar-refractivity contribution is 7.89. The third-order valence-electron chi connectivity index (χ3n) is 6.07. The summed E-state index contributed by atoms with van der Waals surface area (Å²) in [4.78, 5) is 22.6. The highest BCUT2D eigenvalue weighted by atomic mass is 32.2. The molecule has 33 heavy (non-hydrogen) atoms. The predicted octanol–water partition coefficient (Wildman–Crippen LogP) is 0.747. The van der Waals surface area contributed by atoms with Crippen molar-refractivity contribution >= 4 is 21.1 Å². The Hall–Kier alpha value is -2.60. The van der Waals surface area contributed by atoms with Crippen molar-refractivity contribution in [2.45, 2.75) is 31.1 Å². The summed E-state index contributed by atoms with van der Waals surface area (Å²) in [6, 6.07) is 4.80. The van der Waals surface area contributed by atoms with E-state index in [1.807, 2.05) is 14.0 Å². The summed E-state index contributed by atoms with van der Waals surface area (Å²) in [6.07, 6.45) is 1.83. The van der Waals surface area contributed by atoms with Crippen LogP contribution in [0.1, 0.15) is 24.6 Å². The second-order valence-electron chi connectivity index (χ2n) is 8.43. The number of nitrogens with zero attached hydrogens (tertiary/aromatic N) is 5. The Balaban J connectivity index is 1.85. The van der Waals surface area contributed by atoms with Crippen LogP contribution in [-0.2, 0) is 29.9 Å². The Morgan fingerprint density at radius 3 is 2.52 bits per heavy atom. The fourth-order valence-electron chi connectivity index (χ4n) is 4.23. The quantitative estimate of drug-likeness (QED) is 0.518. The lowest BCUT2D eigenvalue weighted by Gasteiger charge is -2.31. The minimum atomic E-state index is -3.71. The average Bonchev–Trinajstić information content (AvgIpc) is 3.10.